The van der Waals surface area contributed by atoms with Crippen molar-refractivity contribution in [1.29, 1.82) is 0 Å². The van der Waals surface area contributed by atoms with Crippen molar-refractivity contribution in [1.82, 2.24) is 4.90 Å². The highest BCUT2D eigenvalue weighted by atomic mass is 79.9. The van der Waals surface area contributed by atoms with E-state index in [4.69, 9.17) is 0 Å². The Morgan fingerprint density at radius 3 is 2.60 bits per heavy atom. The van der Waals surface area contributed by atoms with E-state index in [-0.39, 0.29) is 0 Å². The van der Waals surface area contributed by atoms with Crippen molar-refractivity contribution >= 4 is 21.8 Å². The van der Waals surface area contributed by atoms with Crippen LogP contribution in [0.15, 0.2) is 18.2 Å². The van der Waals surface area contributed by atoms with E-state index in [0.717, 1.165) is 23.9 Å². The molecule has 110 valence electrons. The van der Waals surface area contributed by atoms with Crippen molar-refractivity contribution in [3.05, 3.63) is 34.9 Å². The van der Waals surface area contributed by atoms with Crippen LogP contribution in [0.3, 0.4) is 0 Å². The molecule has 1 aliphatic carbocycles. The average Bonchev–Trinajstić information content (AvgIpc) is 2.36. The Morgan fingerprint density at radius 2 is 2.05 bits per heavy atom. The first-order valence-corrected chi connectivity index (χ1v) is 8.65. The Labute approximate surface area is 130 Å². The number of benzene rings is 1. The third-order valence-electron chi connectivity index (χ3n) is 4.30. The molecule has 0 N–H and O–H groups in total. The quantitative estimate of drug-likeness (QED) is 0.718. The summed E-state index contributed by atoms with van der Waals surface area (Å²) in [6, 6.07) is 6.85. The summed E-state index contributed by atoms with van der Waals surface area (Å²) in [6.45, 7) is 5.11. The van der Waals surface area contributed by atoms with Crippen molar-refractivity contribution in [2.45, 2.75) is 52.0 Å². The van der Waals surface area contributed by atoms with Gasteiger partial charge >= 0.3 is 0 Å². The molecule has 3 heteroatoms. The average molecular weight is 338 g/mol. The van der Waals surface area contributed by atoms with Gasteiger partial charge in [0.05, 0.1) is 6.42 Å². The van der Waals surface area contributed by atoms with E-state index in [1.165, 1.54) is 30.4 Å². The second-order valence-corrected chi connectivity index (χ2v) is 6.60. The smallest absolute Gasteiger partial charge is 0.227 e. The number of nitrogens with zero attached hydrogens (tertiary/aromatic N) is 1. The number of amides is 1. The minimum atomic E-state index is 0.291. The van der Waals surface area contributed by atoms with Crippen LogP contribution in [0, 0.1) is 13.8 Å². The van der Waals surface area contributed by atoms with Crippen LogP contribution in [0.25, 0.3) is 0 Å². The number of rotatable bonds is 6. The zero-order valence-corrected chi connectivity index (χ0v) is 14.1. The fourth-order valence-electron chi connectivity index (χ4n) is 2.63. The normalized spacial score (nSPS) is 14.9. The first-order chi connectivity index (χ1) is 9.61. The number of hydrogen-bond donors (Lipinski definition) is 0. The minimum Gasteiger partial charge on any atom is -0.339 e. The van der Waals surface area contributed by atoms with E-state index < -0.39 is 0 Å². The summed E-state index contributed by atoms with van der Waals surface area (Å²) in [5.41, 5.74) is 3.70. The predicted molar refractivity (Wildman–Crippen MR) is 87.4 cm³/mol. The van der Waals surface area contributed by atoms with Crippen LogP contribution in [-0.4, -0.2) is 28.7 Å². The van der Waals surface area contributed by atoms with Crippen LogP contribution < -0.4 is 0 Å². The highest BCUT2D eigenvalue weighted by Crippen LogP contribution is 2.26. The molecule has 1 amide bonds. The lowest BCUT2D eigenvalue weighted by Gasteiger charge is -2.37. The van der Waals surface area contributed by atoms with E-state index in [2.05, 4.69) is 52.9 Å². The number of hydrogen-bond acceptors (Lipinski definition) is 1. The molecule has 1 fully saturated rings. The van der Waals surface area contributed by atoms with E-state index >= 15 is 0 Å². The van der Waals surface area contributed by atoms with Crippen molar-refractivity contribution in [3.63, 3.8) is 0 Å². The Balaban J connectivity index is 2.01. The number of carbonyl (C=O) groups excluding carboxylic acids is 1. The van der Waals surface area contributed by atoms with Crippen LogP contribution in [0.5, 0.6) is 0 Å². The number of alkyl halides is 1. The zero-order chi connectivity index (χ0) is 14.5. The van der Waals surface area contributed by atoms with Crippen LogP contribution in [0.2, 0.25) is 0 Å². The number of aryl methyl sites for hydroxylation is 2. The SMILES string of the molecule is Cc1ccc(CC(=O)N(CCCBr)C2CCC2)cc1C. The lowest BCUT2D eigenvalue weighted by atomic mass is 9.90. The molecule has 0 radical (unpaired) electrons. The maximum atomic E-state index is 12.6. The topological polar surface area (TPSA) is 20.3 Å². The van der Waals surface area contributed by atoms with Gasteiger partial charge < -0.3 is 4.90 Å². The molecule has 1 saturated carbocycles. The van der Waals surface area contributed by atoms with Gasteiger partial charge in [-0.1, -0.05) is 34.1 Å². The molecular formula is C17H24BrNO. The van der Waals surface area contributed by atoms with Gasteiger partial charge in [0.2, 0.25) is 5.91 Å². The number of carbonyl (C=O) groups is 1. The highest BCUT2D eigenvalue weighted by molar-refractivity contribution is 9.09. The fraction of sp³-hybridized carbons (Fsp3) is 0.588. The van der Waals surface area contributed by atoms with E-state index in [1.54, 1.807) is 0 Å². The van der Waals surface area contributed by atoms with Gasteiger partial charge in [0, 0.05) is 17.9 Å². The van der Waals surface area contributed by atoms with Gasteiger partial charge in [0.15, 0.2) is 0 Å². The molecule has 0 aromatic heterocycles. The number of halogens is 1. The largest absolute Gasteiger partial charge is 0.339 e. The first kappa shape index (κ1) is 15.6. The van der Waals surface area contributed by atoms with Gasteiger partial charge in [-0.15, -0.1) is 0 Å². The minimum absolute atomic E-state index is 0.291. The summed E-state index contributed by atoms with van der Waals surface area (Å²) in [5, 5.41) is 0.965. The zero-order valence-electron chi connectivity index (χ0n) is 12.5. The third-order valence-corrected chi connectivity index (χ3v) is 4.86. The summed E-state index contributed by atoms with van der Waals surface area (Å²) in [4.78, 5) is 14.7. The van der Waals surface area contributed by atoms with E-state index in [9.17, 15) is 4.79 Å². The van der Waals surface area contributed by atoms with Crippen LogP contribution in [0.1, 0.15) is 42.4 Å². The van der Waals surface area contributed by atoms with Crippen molar-refractivity contribution in [2.24, 2.45) is 0 Å². The lowest BCUT2D eigenvalue weighted by Crippen LogP contribution is -2.45. The van der Waals surface area contributed by atoms with Gasteiger partial charge in [-0.25, -0.2) is 0 Å². The molecule has 0 unspecified atom stereocenters. The Bertz CT molecular complexity index is 468. The lowest BCUT2D eigenvalue weighted by molar-refractivity contribution is -0.134. The molecular weight excluding hydrogens is 314 g/mol. The van der Waals surface area contributed by atoms with E-state index in [1.807, 2.05) is 0 Å². The maximum Gasteiger partial charge on any atom is 0.227 e. The molecule has 1 aliphatic rings. The highest BCUT2D eigenvalue weighted by Gasteiger charge is 2.28. The summed E-state index contributed by atoms with van der Waals surface area (Å²) < 4.78 is 0. The molecule has 0 spiro atoms. The molecule has 1 aromatic rings. The second-order valence-electron chi connectivity index (χ2n) is 5.81. The fourth-order valence-corrected chi connectivity index (χ4v) is 2.88. The summed E-state index contributed by atoms with van der Waals surface area (Å²) >= 11 is 3.46. The molecule has 0 heterocycles. The molecule has 0 aliphatic heterocycles. The second kappa shape index (κ2) is 7.26. The summed E-state index contributed by atoms with van der Waals surface area (Å²) in [5.74, 6) is 0.291. The van der Waals surface area contributed by atoms with Crippen LogP contribution in [0.4, 0.5) is 0 Å². The molecule has 0 bridgehead atoms. The molecule has 1 aromatic carbocycles. The molecule has 0 atom stereocenters. The Kier molecular flexibility index (Phi) is 5.64. The van der Waals surface area contributed by atoms with E-state index in [0.29, 0.717) is 18.4 Å². The standard InChI is InChI=1S/C17H24BrNO/c1-13-7-8-15(11-14(13)2)12-17(20)19(10-4-9-18)16-5-3-6-16/h7-8,11,16H,3-6,9-10,12H2,1-2H3. The maximum absolute atomic E-state index is 12.6. The Hall–Kier alpha value is -0.830. The third kappa shape index (κ3) is 3.85. The molecule has 20 heavy (non-hydrogen) atoms. The van der Waals surface area contributed by atoms with Gasteiger partial charge in [-0.2, -0.15) is 0 Å². The molecule has 2 rings (SSSR count). The van der Waals surface area contributed by atoms with Crippen LogP contribution >= 0.6 is 15.9 Å². The van der Waals surface area contributed by atoms with Crippen LogP contribution in [-0.2, 0) is 11.2 Å². The monoisotopic (exact) mass is 337 g/mol. The summed E-state index contributed by atoms with van der Waals surface area (Å²) in [7, 11) is 0. The van der Waals surface area contributed by atoms with Crippen molar-refractivity contribution in [3.8, 4) is 0 Å². The first-order valence-electron chi connectivity index (χ1n) is 7.53. The molecule has 0 saturated heterocycles. The predicted octanol–water partition coefficient (Wildman–Crippen LogP) is 4.01. The van der Waals surface area contributed by atoms with Crippen molar-refractivity contribution in [2.75, 3.05) is 11.9 Å². The van der Waals surface area contributed by atoms with Gasteiger partial charge in [0.1, 0.15) is 0 Å². The van der Waals surface area contributed by atoms with Gasteiger partial charge in [-0.3, -0.25) is 4.79 Å². The van der Waals surface area contributed by atoms with Crippen molar-refractivity contribution < 1.29 is 4.79 Å². The van der Waals surface area contributed by atoms with Gasteiger partial charge in [0.25, 0.3) is 0 Å². The summed E-state index contributed by atoms with van der Waals surface area (Å²) in [6.07, 6.45) is 5.21. The molecule has 2 nitrogen and oxygen atoms in total. The Morgan fingerprint density at radius 1 is 1.30 bits per heavy atom. The van der Waals surface area contributed by atoms with Gasteiger partial charge in [-0.05, 0) is 56.2 Å².